The minimum atomic E-state index is -5.10. The number of aliphatic carboxylic acids is 1. The second-order valence-electron chi connectivity index (χ2n) is 17.4. The van der Waals surface area contributed by atoms with E-state index < -0.39 is 52.7 Å². The molecule has 0 spiro atoms. The van der Waals surface area contributed by atoms with E-state index >= 15 is 0 Å². The zero-order chi connectivity index (χ0) is 39.4. The van der Waals surface area contributed by atoms with Crippen LogP contribution in [-0.4, -0.2) is 79.0 Å². The fourth-order valence-corrected chi connectivity index (χ4v) is 11.3. The highest BCUT2D eigenvalue weighted by Crippen LogP contribution is 2.58. The summed E-state index contributed by atoms with van der Waals surface area (Å²) in [5.41, 5.74) is -3.31. The van der Waals surface area contributed by atoms with E-state index in [2.05, 4.69) is 15.3 Å². The van der Waals surface area contributed by atoms with Gasteiger partial charge in [-0.25, -0.2) is 32.3 Å². The largest absolute Gasteiger partial charge is 0.490 e. The summed E-state index contributed by atoms with van der Waals surface area (Å²) >= 11 is 0. The molecule has 0 atom stereocenters. The molecule has 3 aromatic rings. The molecule has 9 nitrogen and oxygen atoms in total. The fourth-order valence-electron chi connectivity index (χ4n) is 11.3. The number of ether oxygens (including phenoxy) is 1. The first-order chi connectivity index (χ1) is 26.5. The van der Waals surface area contributed by atoms with Crippen molar-refractivity contribution >= 4 is 22.8 Å². The Kier molecular flexibility index (Phi) is 8.94. The van der Waals surface area contributed by atoms with Crippen molar-refractivity contribution < 1.29 is 50.2 Å². The lowest BCUT2D eigenvalue weighted by Crippen LogP contribution is -2.70. The van der Waals surface area contributed by atoms with Crippen LogP contribution in [-0.2, 0) is 11.0 Å². The standard InChI is InChI=1S/C40H44F7N5O4/c41-37(42)9-7-26(8-10-37)52-18-31(29-6-5-28(16-32(29)52)56-27-3-1-25(2-4-27)51-19-38(43,44)20-51)34-48-17-30(33(49-34)40(45,46)47)35(53)50-39(36(54)55)23-12-21-11-22(14-23)15-24(39)13-21/h5-6,16-18,21-27H,1-4,7-15,19-20H2,(H,50,53)(H,54,55). The third-order valence-electron chi connectivity index (χ3n) is 13.9. The van der Waals surface area contributed by atoms with Crippen LogP contribution in [0.15, 0.2) is 30.6 Å². The second kappa shape index (κ2) is 13.3. The van der Waals surface area contributed by atoms with Gasteiger partial charge in [-0.15, -0.1) is 0 Å². The summed E-state index contributed by atoms with van der Waals surface area (Å²) in [6.45, 7) is -0.466. The quantitative estimate of drug-likeness (QED) is 0.220. The van der Waals surface area contributed by atoms with E-state index in [0.29, 0.717) is 79.9 Å². The second-order valence-corrected chi connectivity index (χ2v) is 17.4. The van der Waals surface area contributed by atoms with E-state index in [4.69, 9.17) is 4.74 Å². The molecule has 7 aliphatic rings. The Hall–Kier alpha value is -3.95. The van der Waals surface area contributed by atoms with Gasteiger partial charge in [0.15, 0.2) is 11.5 Å². The number of carbonyl (C=O) groups excluding carboxylic acids is 1. The highest BCUT2D eigenvalue weighted by atomic mass is 19.4. The van der Waals surface area contributed by atoms with Crippen molar-refractivity contribution in [3.8, 4) is 17.1 Å². The number of halogens is 7. The number of fused-ring (bicyclic) bond motifs is 1. The molecule has 1 aromatic carbocycles. The van der Waals surface area contributed by atoms with E-state index in [-0.39, 0.29) is 74.1 Å². The van der Waals surface area contributed by atoms with Gasteiger partial charge < -0.3 is 19.7 Å². The van der Waals surface area contributed by atoms with Gasteiger partial charge in [0.05, 0.1) is 30.3 Å². The molecule has 56 heavy (non-hydrogen) atoms. The van der Waals surface area contributed by atoms with Crippen LogP contribution in [0.25, 0.3) is 22.3 Å². The van der Waals surface area contributed by atoms with E-state index in [9.17, 15) is 45.4 Å². The zero-order valence-electron chi connectivity index (χ0n) is 30.6. The molecular formula is C40H44F7N5O4. The van der Waals surface area contributed by atoms with Gasteiger partial charge >= 0.3 is 12.1 Å². The SMILES string of the molecule is O=C(NC1(C(=O)O)C2CC3CC(C2)CC1C3)c1cnc(-c2cn(C3CCC(F)(F)CC3)c3cc(OC4CCC(N5CC(F)(F)C5)CC4)ccc23)nc1C(F)(F)F. The highest BCUT2D eigenvalue weighted by molar-refractivity contribution is 6.00. The van der Waals surface area contributed by atoms with Gasteiger partial charge in [0.1, 0.15) is 11.3 Å². The third kappa shape index (κ3) is 6.60. The van der Waals surface area contributed by atoms with Crippen LogP contribution in [0.5, 0.6) is 5.75 Å². The molecule has 2 N–H and O–H groups in total. The molecule has 0 unspecified atom stereocenters. The van der Waals surface area contributed by atoms with E-state index in [1.54, 1.807) is 33.9 Å². The van der Waals surface area contributed by atoms with E-state index in [1.165, 1.54) is 0 Å². The van der Waals surface area contributed by atoms with Gasteiger partial charge in [0.25, 0.3) is 11.8 Å². The molecule has 1 aliphatic heterocycles. The van der Waals surface area contributed by atoms with Crippen LogP contribution in [0.2, 0.25) is 0 Å². The number of nitrogens with one attached hydrogen (secondary N) is 1. The van der Waals surface area contributed by atoms with Gasteiger partial charge in [-0.05, 0) is 106 Å². The number of carboxylic acids is 1. The lowest BCUT2D eigenvalue weighted by Gasteiger charge is -2.59. The molecule has 302 valence electrons. The topological polar surface area (TPSA) is 110 Å². The van der Waals surface area contributed by atoms with Crippen molar-refractivity contribution in [2.24, 2.45) is 23.7 Å². The zero-order valence-corrected chi connectivity index (χ0v) is 30.6. The molecule has 7 fully saturated rings. The summed E-state index contributed by atoms with van der Waals surface area (Å²) < 4.78 is 108. The van der Waals surface area contributed by atoms with E-state index in [0.717, 1.165) is 12.6 Å². The Morgan fingerprint density at radius 3 is 2.09 bits per heavy atom. The number of rotatable bonds is 8. The molecule has 16 heteroatoms. The van der Waals surface area contributed by atoms with Crippen LogP contribution in [0.1, 0.15) is 106 Å². The number of hydrogen-bond donors (Lipinski definition) is 2. The number of alkyl halides is 7. The van der Waals surface area contributed by atoms with Crippen LogP contribution in [0.3, 0.4) is 0 Å². The predicted molar refractivity (Wildman–Crippen MR) is 188 cm³/mol. The van der Waals surface area contributed by atoms with Crippen molar-refractivity contribution in [2.45, 2.75) is 125 Å². The molecule has 0 radical (unpaired) electrons. The monoisotopic (exact) mass is 791 g/mol. The predicted octanol–water partition coefficient (Wildman–Crippen LogP) is 8.52. The molecule has 10 rings (SSSR count). The molecule has 3 heterocycles. The molecule has 6 aliphatic carbocycles. The number of likely N-dealkylation sites (tertiary alicyclic amines) is 1. The number of nitrogens with zero attached hydrogens (tertiary/aromatic N) is 4. The summed E-state index contributed by atoms with van der Waals surface area (Å²) in [5, 5.41) is 13.5. The molecule has 4 bridgehead atoms. The minimum absolute atomic E-state index is 0.0657. The molecule has 6 saturated carbocycles. The summed E-state index contributed by atoms with van der Waals surface area (Å²) in [6, 6.07) is 4.75. The smallest absolute Gasteiger partial charge is 0.434 e. The molecule has 1 saturated heterocycles. The van der Waals surface area contributed by atoms with Crippen molar-refractivity contribution in [1.29, 1.82) is 0 Å². The highest BCUT2D eigenvalue weighted by Gasteiger charge is 2.62. The number of amides is 1. The fraction of sp³-hybridized carbons (Fsp3) is 0.650. The maximum atomic E-state index is 14.8. The van der Waals surface area contributed by atoms with Crippen molar-refractivity contribution in [1.82, 2.24) is 24.8 Å². The first-order valence-corrected chi connectivity index (χ1v) is 19.8. The Balaban J connectivity index is 1.02. The Labute approximate surface area is 318 Å². The van der Waals surface area contributed by atoms with Gasteiger partial charge in [0, 0.05) is 54.3 Å². The number of carbonyl (C=O) groups is 2. The summed E-state index contributed by atoms with van der Waals surface area (Å²) in [5.74, 6) is -7.82. The van der Waals surface area contributed by atoms with E-state index in [1.807, 2.05) is 0 Å². The van der Waals surface area contributed by atoms with Crippen LogP contribution < -0.4 is 10.1 Å². The first kappa shape index (κ1) is 37.6. The number of hydrogen-bond acceptors (Lipinski definition) is 6. The Morgan fingerprint density at radius 2 is 1.50 bits per heavy atom. The van der Waals surface area contributed by atoms with Gasteiger partial charge in [0.2, 0.25) is 5.92 Å². The van der Waals surface area contributed by atoms with Gasteiger partial charge in [-0.1, -0.05) is 0 Å². The Morgan fingerprint density at radius 1 is 0.857 bits per heavy atom. The lowest BCUT2D eigenvalue weighted by atomic mass is 9.48. The van der Waals surface area contributed by atoms with Crippen LogP contribution in [0, 0.1) is 23.7 Å². The molecule has 2 aromatic heterocycles. The lowest BCUT2D eigenvalue weighted by molar-refractivity contribution is -0.163. The normalized spacial score (nSPS) is 32.6. The number of aromatic nitrogens is 3. The summed E-state index contributed by atoms with van der Waals surface area (Å²) in [6.07, 6.45) is 2.74. The molecule has 1 amide bonds. The summed E-state index contributed by atoms with van der Waals surface area (Å²) in [4.78, 5) is 36.6. The van der Waals surface area contributed by atoms with Crippen LogP contribution in [0.4, 0.5) is 30.7 Å². The average molecular weight is 792 g/mol. The average Bonchev–Trinajstić information content (AvgIpc) is 3.50. The Bertz CT molecular complexity index is 2000. The maximum Gasteiger partial charge on any atom is 0.434 e. The van der Waals surface area contributed by atoms with Crippen molar-refractivity contribution in [2.75, 3.05) is 13.1 Å². The van der Waals surface area contributed by atoms with Gasteiger partial charge in [-0.2, -0.15) is 13.2 Å². The molecular weight excluding hydrogens is 747 g/mol. The minimum Gasteiger partial charge on any atom is -0.490 e. The van der Waals surface area contributed by atoms with Crippen LogP contribution >= 0.6 is 0 Å². The van der Waals surface area contributed by atoms with Crippen molar-refractivity contribution in [3.05, 3.63) is 41.9 Å². The third-order valence-corrected chi connectivity index (χ3v) is 13.9. The van der Waals surface area contributed by atoms with Gasteiger partial charge in [-0.3, -0.25) is 9.69 Å². The number of carboxylic acid groups (broad SMARTS) is 1. The number of benzene rings is 1. The first-order valence-electron chi connectivity index (χ1n) is 19.8. The summed E-state index contributed by atoms with van der Waals surface area (Å²) in [7, 11) is 0. The maximum absolute atomic E-state index is 14.8. The van der Waals surface area contributed by atoms with Crippen molar-refractivity contribution in [3.63, 3.8) is 0 Å².